The molecule has 2 amide bonds. The number of rotatable bonds is 3. The Kier molecular flexibility index (Phi) is 4.32. The molecule has 0 aromatic heterocycles. The maximum atomic E-state index is 12.6. The summed E-state index contributed by atoms with van der Waals surface area (Å²) in [5.41, 5.74) is 1.02. The molecule has 4 rings (SSSR count). The second kappa shape index (κ2) is 6.62. The van der Waals surface area contributed by atoms with Crippen molar-refractivity contribution in [2.45, 2.75) is 57.5 Å². The van der Waals surface area contributed by atoms with Crippen LogP contribution in [0.3, 0.4) is 0 Å². The maximum absolute atomic E-state index is 12.6. The van der Waals surface area contributed by atoms with Crippen molar-refractivity contribution in [2.24, 2.45) is 11.8 Å². The minimum Gasteiger partial charge on any atom is -0.459 e. The highest BCUT2D eigenvalue weighted by Gasteiger charge is 2.48. The van der Waals surface area contributed by atoms with Crippen molar-refractivity contribution in [3.63, 3.8) is 0 Å². The fourth-order valence-electron chi connectivity index (χ4n) is 4.39. The van der Waals surface area contributed by atoms with E-state index in [4.69, 9.17) is 4.74 Å². The van der Waals surface area contributed by atoms with Crippen LogP contribution >= 0.6 is 0 Å². The number of amides is 2. The summed E-state index contributed by atoms with van der Waals surface area (Å²) in [7, 11) is 0. The molecule has 0 bridgehead atoms. The predicted octanol–water partition coefficient (Wildman–Crippen LogP) is 3.47. The first kappa shape index (κ1) is 16.3. The van der Waals surface area contributed by atoms with Crippen LogP contribution in [-0.2, 0) is 14.3 Å². The summed E-state index contributed by atoms with van der Waals surface area (Å²) in [4.78, 5) is 38.7. The molecule has 0 N–H and O–H groups in total. The average Bonchev–Trinajstić information content (AvgIpc) is 3.23. The van der Waals surface area contributed by atoms with Crippen LogP contribution in [0.5, 0.6) is 0 Å². The zero-order valence-corrected chi connectivity index (χ0v) is 14.3. The molecule has 1 saturated heterocycles. The molecule has 0 radical (unpaired) electrons. The molecule has 3 aliphatic rings. The molecule has 0 unspecified atom stereocenters. The lowest BCUT2D eigenvalue weighted by atomic mass is 9.81. The first-order valence-corrected chi connectivity index (χ1v) is 9.34. The van der Waals surface area contributed by atoms with Crippen LogP contribution in [0, 0.1) is 11.8 Å². The Bertz CT molecular complexity index is 666. The lowest BCUT2D eigenvalue weighted by Gasteiger charge is -2.19. The molecule has 1 aliphatic heterocycles. The van der Waals surface area contributed by atoms with E-state index in [-0.39, 0.29) is 35.7 Å². The van der Waals surface area contributed by atoms with Gasteiger partial charge in [0.2, 0.25) is 11.8 Å². The Hall–Kier alpha value is -2.17. The number of esters is 1. The van der Waals surface area contributed by atoms with Crippen molar-refractivity contribution in [3.05, 3.63) is 29.8 Å². The molecular formula is C20H23NO4. The number of fused-ring (bicyclic) bond motifs is 1. The van der Waals surface area contributed by atoms with Crippen molar-refractivity contribution in [1.82, 2.24) is 0 Å². The van der Waals surface area contributed by atoms with Crippen LogP contribution in [0.15, 0.2) is 24.3 Å². The highest BCUT2D eigenvalue weighted by Crippen LogP contribution is 2.40. The molecule has 1 heterocycles. The fourth-order valence-corrected chi connectivity index (χ4v) is 4.39. The van der Waals surface area contributed by atoms with Crippen molar-refractivity contribution in [2.75, 3.05) is 4.90 Å². The lowest BCUT2D eigenvalue weighted by Crippen LogP contribution is -2.30. The van der Waals surface area contributed by atoms with Gasteiger partial charge in [-0.3, -0.25) is 14.5 Å². The van der Waals surface area contributed by atoms with Gasteiger partial charge in [-0.25, -0.2) is 4.79 Å². The van der Waals surface area contributed by atoms with Gasteiger partial charge in [-0.05, 0) is 62.8 Å². The molecule has 132 valence electrons. The number of hydrogen-bond acceptors (Lipinski definition) is 4. The Labute approximate surface area is 147 Å². The highest BCUT2D eigenvalue weighted by molar-refractivity contribution is 6.22. The Morgan fingerprint density at radius 2 is 1.36 bits per heavy atom. The van der Waals surface area contributed by atoms with Gasteiger partial charge < -0.3 is 4.74 Å². The largest absolute Gasteiger partial charge is 0.459 e. The predicted molar refractivity (Wildman–Crippen MR) is 92.1 cm³/mol. The first-order chi connectivity index (χ1) is 12.1. The van der Waals surface area contributed by atoms with E-state index in [2.05, 4.69) is 0 Å². The van der Waals surface area contributed by atoms with E-state index in [9.17, 15) is 14.4 Å². The Morgan fingerprint density at radius 1 is 0.840 bits per heavy atom. The van der Waals surface area contributed by atoms with E-state index in [1.807, 2.05) is 0 Å². The molecule has 25 heavy (non-hydrogen) atoms. The van der Waals surface area contributed by atoms with E-state index in [0.717, 1.165) is 51.4 Å². The van der Waals surface area contributed by atoms with Crippen molar-refractivity contribution >= 4 is 23.5 Å². The van der Waals surface area contributed by atoms with E-state index in [1.54, 1.807) is 24.3 Å². The average molecular weight is 341 g/mol. The zero-order valence-electron chi connectivity index (χ0n) is 14.3. The SMILES string of the molecule is O=C(OC1CCCC1)c1ccc(N2C(=O)[C@H]3CCCC[C@H]3C2=O)cc1. The topological polar surface area (TPSA) is 63.7 Å². The molecule has 2 atom stereocenters. The summed E-state index contributed by atoms with van der Waals surface area (Å²) < 4.78 is 5.50. The highest BCUT2D eigenvalue weighted by atomic mass is 16.5. The van der Waals surface area contributed by atoms with E-state index in [0.29, 0.717) is 11.3 Å². The van der Waals surface area contributed by atoms with Gasteiger partial charge in [-0.15, -0.1) is 0 Å². The van der Waals surface area contributed by atoms with Gasteiger partial charge in [-0.2, -0.15) is 0 Å². The summed E-state index contributed by atoms with van der Waals surface area (Å²) in [6.45, 7) is 0. The van der Waals surface area contributed by atoms with E-state index in [1.165, 1.54) is 4.90 Å². The minimum atomic E-state index is -0.328. The standard InChI is InChI=1S/C20H23NO4/c22-18-16-7-3-4-8-17(16)19(23)21(18)14-11-9-13(10-12-14)20(24)25-15-5-1-2-6-15/h9-12,15-17H,1-8H2/t16-,17+. The quantitative estimate of drug-likeness (QED) is 0.624. The summed E-state index contributed by atoms with van der Waals surface area (Å²) in [5.74, 6) is -0.820. The van der Waals surface area contributed by atoms with Gasteiger partial charge in [0.05, 0.1) is 23.1 Å². The molecule has 2 aliphatic carbocycles. The maximum Gasteiger partial charge on any atom is 0.338 e. The fraction of sp³-hybridized carbons (Fsp3) is 0.550. The Morgan fingerprint density at radius 3 is 1.92 bits per heavy atom. The number of hydrogen-bond donors (Lipinski definition) is 0. The van der Waals surface area contributed by atoms with Gasteiger partial charge in [0.1, 0.15) is 6.10 Å². The Balaban J connectivity index is 1.49. The van der Waals surface area contributed by atoms with Gasteiger partial charge >= 0.3 is 5.97 Å². The number of nitrogens with zero attached hydrogens (tertiary/aromatic N) is 1. The summed E-state index contributed by atoms with van der Waals surface area (Å²) in [6.07, 6.45) is 7.75. The molecule has 5 heteroatoms. The number of benzene rings is 1. The van der Waals surface area contributed by atoms with Crippen molar-refractivity contribution in [3.8, 4) is 0 Å². The minimum absolute atomic E-state index is 0.0250. The lowest BCUT2D eigenvalue weighted by molar-refractivity contribution is -0.122. The van der Waals surface area contributed by atoms with Gasteiger partial charge in [0, 0.05) is 0 Å². The van der Waals surface area contributed by atoms with E-state index < -0.39 is 0 Å². The van der Waals surface area contributed by atoms with Crippen LogP contribution in [0.25, 0.3) is 0 Å². The number of carbonyl (C=O) groups excluding carboxylic acids is 3. The van der Waals surface area contributed by atoms with Crippen LogP contribution in [-0.4, -0.2) is 23.9 Å². The number of ether oxygens (including phenoxy) is 1. The van der Waals surface area contributed by atoms with E-state index >= 15 is 0 Å². The molecule has 2 saturated carbocycles. The normalized spacial score (nSPS) is 26.8. The first-order valence-electron chi connectivity index (χ1n) is 9.34. The summed E-state index contributed by atoms with van der Waals surface area (Å²) in [6, 6.07) is 6.65. The molecule has 5 nitrogen and oxygen atoms in total. The smallest absolute Gasteiger partial charge is 0.338 e. The van der Waals surface area contributed by atoms with Crippen LogP contribution < -0.4 is 4.90 Å². The zero-order chi connectivity index (χ0) is 17.4. The van der Waals surface area contributed by atoms with Gasteiger partial charge in [0.25, 0.3) is 0 Å². The third-order valence-corrected chi connectivity index (χ3v) is 5.78. The third kappa shape index (κ3) is 2.96. The number of carbonyl (C=O) groups is 3. The summed E-state index contributed by atoms with van der Waals surface area (Å²) >= 11 is 0. The second-order valence-electron chi connectivity index (χ2n) is 7.37. The monoisotopic (exact) mass is 341 g/mol. The van der Waals surface area contributed by atoms with Crippen LogP contribution in [0.4, 0.5) is 5.69 Å². The number of anilines is 1. The van der Waals surface area contributed by atoms with Gasteiger partial charge in [0.15, 0.2) is 0 Å². The van der Waals surface area contributed by atoms with Crippen LogP contribution in [0.1, 0.15) is 61.7 Å². The van der Waals surface area contributed by atoms with Crippen molar-refractivity contribution in [1.29, 1.82) is 0 Å². The summed E-state index contributed by atoms with van der Waals surface area (Å²) in [5, 5.41) is 0. The molecular weight excluding hydrogens is 318 g/mol. The second-order valence-corrected chi connectivity index (χ2v) is 7.37. The van der Waals surface area contributed by atoms with Crippen LogP contribution in [0.2, 0.25) is 0 Å². The molecule has 3 fully saturated rings. The van der Waals surface area contributed by atoms with Crippen molar-refractivity contribution < 1.29 is 19.1 Å². The number of imide groups is 1. The molecule has 1 aromatic carbocycles. The van der Waals surface area contributed by atoms with Gasteiger partial charge in [-0.1, -0.05) is 12.8 Å². The molecule has 0 spiro atoms. The molecule has 1 aromatic rings. The third-order valence-electron chi connectivity index (χ3n) is 5.78.